The number of aromatic carboxylic acids is 2. The third-order valence-electron chi connectivity index (χ3n) is 5.35. The van der Waals surface area contributed by atoms with Crippen LogP contribution in [0.25, 0.3) is 11.1 Å². The number of halogens is 2. The van der Waals surface area contributed by atoms with E-state index in [1.165, 1.54) is 24.3 Å². The molecule has 0 saturated carbocycles. The van der Waals surface area contributed by atoms with E-state index in [1.54, 1.807) is 25.1 Å². The molecular weight excluding hydrogens is 486 g/mol. The first kappa shape index (κ1) is 25.3. The third-order valence-corrected chi connectivity index (χ3v) is 5.35. The molecule has 0 amide bonds. The van der Waals surface area contributed by atoms with Gasteiger partial charge in [0.25, 0.3) is 11.8 Å². The zero-order valence-electron chi connectivity index (χ0n) is 19.4. The lowest BCUT2D eigenvalue weighted by Crippen LogP contribution is -2.10. The van der Waals surface area contributed by atoms with Crippen LogP contribution in [0.2, 0.25) is 0 Å². The lowest BCUT2D eigenvalue weighted by molar-refractivity contribution is 0.0674. The number of rotatable bonds is 8. The molecule has 0 saturated heterocycles. The average molecular weight is 506 g/mol. The van der Waals surface area contributed by atoms with E-state index >= 15 is 4.39 Å². The van der Waals surface area contributed by atoms with E-state index in [4.69, 9.17) is 15.2 Å². The van der Waals surface area contributed by atoms with Gasteiger partial charge in [-0.3, -0.25) is 0 Å². The van der Waals surface area contributed by atoms with Crippen LogP contribution in [0, 0.1) is 18.6 Å². The molecule has 4 N–H and O–H groups in total. The van der Waals surface area contributed by atoms with Crippen molar-refractivity contribution < 1.29 is 38.1 Å². The number of ether oxygens (including phenoxy) is 2. The number of aromatic nitrogens is 1. The van der Waals surface area contributed by atoms with Gasteiger partial charge in [0.05, 0.1) is 0 Å². The molecule has 37 heavy (non-hydrogen) atoms. The molecule has 0 fully saturated rings. The van der Waals surface area contributed by atoms with Crippen molar-refractivity contribution in [1.29, 1.82) is 0 Å². The van der Waals surface area contributed by atoms with Gasteiger partial charge in [0, 0.05) is 6.54 Å². The van der Waals surface area contributed by atoms with Gasteiger partial charge in [-0.15, -0.1) is 0 Å². The van der Waals surface area contributed by atoms with Crippen LogP contribution >= 0.6 is 0 Å². The van der Waals surface area contributed by atoms with E-state index in [-0.39, 0.29) is 17.1 Å². The van der Waals surface area contributed by atoms with Crippen LogP contribution in [-0.2, 0) is 6.54 Å². The van der Waals surface area contributed by atoms with E-state index in [0.717, 1.165) is 11.1 Å². The van der Waals surface area contributed by atoms with Crippen molar-refractivity contribution in [2.24, 2.45) is 5.73 Å². The monoisotopic (exact) mass is 506 g/mol. The van der Waals surface area contributed by atoms with E-state index in [2.05, 4.69) is 4.98 Å². The highest BCUT2D eigenvalue weighted by atomic mass is 19.1. The van der Waals surface area contributed by atoms with Crippen LogP contribution in [0.3, 0.4) is 0 Å². The Kier molecular flexibility index (Phi) is 7.12. The standard InChI is InChI=1S/C27H20F2N2O6/c1-14-8-9-19(26(32)33)20(10-14)37-25-23(29)21(27(34)35)22(28)24(31-25)36-18-7-3-6-17(12-18)16-5-2-4-15(11-16)13-30/h2-12H,13,30H2,1H3,(H,32,33)(H,34,35). The van der Waals surface area contributed by atoms with Crippen molar-refractivity contribution in [2.75, 3.05) is 0 Å². The fourth-order valence-electron chi connectivity index (χ4n) is 3.55. The van der Waals surface area contributed by atoms with Crippen LogP contribution in [0.15, 0.2) is 66.7 Å². The molecule has 0 spiro atoms. The first-order valence-electron chi connectivity index (χ1n) is 10.9. The molecule has 0 bridgehead atoms. The third kappa shape index (κ3) is 5.39. The van der Waals surface area contributed by atoms with E-state index in [1.807, 2.05) is 24.3 Å². The Hall–Kier alpha value is -4.83. The highest BCUT2D eigenvalue weighted by Gasteiger charge is 2.29. The van der Waals surface area contributed by atoms with E-state index < -0.39 is 40.9 Å². The lowest BCUT2D eigenvalue weighted by atomic mass is 10.0. The van der Waals surface area contributed by atoms with Crippen LogP contribution in [0.4, 0.5) is 8.78 Å². The van der Waals surface area contributed by atoms with Gasteiger partial charge < -0.3 is 25.4 Å². The first-order chi connectivity index (χ1) is 17.7. The van der Waals surface area contributed by atoms with E-state index in [0.29, 0.717) is 17.7 Å². The molecular formula is C27H20F2N2O6. The maximum Gasteiger partial charge on any atom is 0.342 e. The molecule has 0 aliphatic carbocycles. The van der Waals surface area contributed by atoms with Gasteiger partial charge in [-0.2, -0.15) is 13.8 Å². The van der Waals surface area contributed by atoms with Crippen molar-refractivity contribution in [3.8, 4) is 34.4 Å². The van der Waals surface area contributed by atoms with Gasteiger partial charge in [-0.05, 0) is 59.5 Å². The van der Waals surface area contributed by atoms with Crippen LogP contribution in [0.5, 0.6) is 23.3 Å². The zero-order valence-corrected chi connectivity index (χ0v) is 19.4. The van der Waals surface area contributed by atoms with Crippen molar-refractivity contribution in [3.05, 3.63) is 101 Å². The summed E-state index contributed by atoms with van der Waals surface area (Å²) < 4.78 is 40.8. The van der Waals surface area contributed by atoms with Crippen molar-refractivity contribution >= 4 is 11.9 Å². The molecule has 4 rings (SSSR count). The minimum atomic E-state index is -1.93. The summed E-state index contributed by atoms with van der Waals surface area (Å²) in [6, 6.07) is 17.9. The van der Waals surface area contributed by atoms with Crippen molar-refractivity contribution in [1.82, 2.24) is 4.98 Å². The van der Waals surface area contributed by atoms with Gasteiger partial charge in [0.1, 0.15) is 22.6 Å². The Labute approximate surface area is 209 Å². The summed E-state index contributed by atoms with van der Waals surface area (Å²) in [4.78, 5) is 26.9. The lowest BCUT2D eigenvalue weighted by Gasteiger charge is -2.14. The summed E-state index contributed by atoms with van der Waals surface area (Å²) in [5.41, 5.74) is 6.97. The Morgan fingerprint density at radius 3 is 2.16 bits per heavy atom. The number of hydrogen-bond acceptors (Lipinski definition) is 6. The molecule has 3 aromatic carbocycles. The van der Waals surface area contributed by atoms with Crippen LogP contribution in [-0.4, -0.2) is 27.1 Å². The number of carboxylic acids is 2. The number of nitrogens with zero attached hydrogens (tertiary/aromatic N) is 1. The van der Waals surface area contributed by atoms with Gasteiger partial charge in [-0.1, -0.05) is 36.4 Å². The molecule has 0 aliphatic heterocycles. The van der Waals surface area contributed by atoms with Crippen LogP contribution < -0.4 is 15.2 Å². The molecule has 1 aromatic heterocycles. The molecule has 8 nitrogen and oxygen atoms in total. The zero-order chi connectivity index (χ0) is 26.7. The summed E-state index contributed by atoms with van der Waals surface area (Å²) in [6.45, 7) is 1.97. The second kappa shape index (κ2) is 10.4. The average Bonchev–Trinajstić information content (AvgIpc) is 2.87. The molecule has 1 heterocycles. The number of carbonyl (C=O) groups is 2. The summed E-state index contributed by atoms with van der Waals surface area (Å²) in [6.07, 6.45) is 0. The fourth-order valence-corrected chi connectivity index (χ4v) is 3.55. The number of carboxylic acid groups (broad SMARTS) is 2. The minimum absolute atomic E-state index is 0.0812. The maximum absolute atomic E-state index is 15.0. The van der Waals surface area contributed by atoms with Crippen LogP contribution in [0.1, 0.15) is 31.8 Å². The van der Waals surface area contributed by atoms with Crippen molar-refractivity contribution in [2.45, 2.75) is 13.5 Å². The molecule has 0 atom stereocenters. The second-order valence-corrected chi connectivity index (χ2v) is 7.97. The maximum atomic E-state index is 15.0. The predicted octanol–water partition coefficient (Wildman–Crippen LogP) is 5.77. The van der Waals surface area contributed by atoms with Gasteiger partial charge in [0.15, 0.2) is 0 Å². The normalized spacial score (nSPS) is 10.7. The second-order valence-electron chi connectivity index (χ2n) is 7.97. The summed E-state index contributed by atoms with van der Waals surface area (Å²) in [5.74, 6) is -8.55. The first-order valence-corrected chi connectivity index (χ1v) is 10.9. The Bertz CT molecular complexity index is 1520. The quantitative estimate of drug-likeness (QED) is 0.274. The van der Waals surface area contributed by atoms with Gasteiger partial charge in [0.2, 0.25) is 11.6 Å². The summed E-state index contributed by atoms with van der Waals surface area (Å²) >= 11 is 0. The number of nitrogens with two attached hydrogens (primary N) is 1. The molecule has 0 aliphatic rings. The van der Waals surface area contributed by atoms with Crippen molar-refractivity contribution in [3.63, 3.8) is 0 Å². The molecule has 0 radical (unpaired) electrons. The van der Waals surface area contributed by atoms with Gasteiger partial charge in [-0.25, -0.2) is 9.59 Å². The Morgan fingerprint density at radius 1 is 0.865 bits per heavy atom. The molecule has 0 unspecified atom stereocenters. The summed E-state index contributed by atoms with van der Waals surface area (Å²) in [7, 11) is 0. The SMILES string of the molecule is Cc1ccc(C(=O)O)c(Oc2nc(Oc3cccc(-c4cccc(CN)c4)c3)c(F)c(C(=O)O)c2F)c1. The minimum Gasteiger partial charge on any atom is -0.478 e. The Balaban J connectivity index is 1.77. The van der Waals surface area contributed by atoms with Gasteiger partial charge >= 0.3 is 11.9 Å². The largest absolute Gasteiger partial charge is 0.478 e. The number of hydrogen-bond donors (Lipinski definition) is 3. The highest BCUT2D eigenvalue weighted by Crippen LogP contribution is 2.35. The number of pyridine rings is 1. The van der Waals surface area contributed by atoms with E-state index in [9.17, 15) is 24.2 Å². The Morgan fingerprint density at radius 2 is 1.51 bits per heavy atom. The molecule has 4 aromatic rings. The number of benzene rings is 3. The highest BCUT2D eigenvalue weighted by molar-refractivity contribution is 5.91. The fraction of sp³-hybridized carbons (Fsp3) is 0.0741. The smallest absolute Gasteiger partial charge is 0.342 e. The molecule has 188 valence electrons. The topological polar surface area (TPSA) is 132 Å². The molecule has 10 heteroatoms. The predicted molar refractivity (Wildman–Crippen MR) is 129 cm³/mol. The number of aryl methyl sites for hydroxylation is 1. The summed E-state index contributed by atoms with van der Waals surface area (Å²) in [5, 5.41) is 18.8.